The van der Waals surface area contributed by atoms with Gasteiger partial charge in [0, 0.05) is 39.8 Å². The summed E-state index contributed by atoms with van der Waals surface area (Å²) in [5.74, 6) is 1.52. The molecule has 0 saturated heterocycles. The highest BCUT2D eigenvalue weighted by Crippen LogP contribution is 2.54. The number of benzene rings is 4. The molecule has 0 radical (unpaired) electrons. The van der Waals surface area contributed by atoms with E-state index in [1.54, 1.807) is 0 Å². The van der Waals surface area contributed by atoms with Crippen LogP contribution in [0.3, 0.4) is 0 Å². The van der Waals surface area contributed by atoms with Gasteiger partial charge in [-0.05, 0) is 35.4 Å². The van der Waals surface area contributed by atoms with Gasteiger partial charge in [-0.2, -0.15) is 0 Å². The van der Waals surface area contributed by atoms with Gasteiger partial charge >= 0.3 is 0 Å². The monoisotopic (exact) mass is 590 g/mol. The van der Waals surface area contributed by atoms with E-state index in [9.17, 15) is 0 Å². The molecule has 4 unspecified atom stereocenters. The lowest BCUT2D eigenvalue weighted by Gasteiger charge is -2.29. The Kier molecular flexibility index (Phi) is 5.49. The second-order valence-electron chi connectivity index (χ2n) is 12.5. The molecule has 1 aliphatic heterocycles. The molecule has 218 valence electrons. The van der Waals surface area contributed by atoms with Gasteiger partial charge in [-0.1, -0.05) is 134 Å². The molecule has 0 saturated carbocycles. The van der Waals surface area contributed by atoms with Crippen LogP contribution in [0.2, 0.25) is 0 Å². The van der Waals surface area contributed by atoms with Crippen molar-refractivity contribution in [2.24, 2.45) is 5.92 Å². The Balaban J connectivity index is 1.35. The Hall–Kier alpha value is -5.74. The van der Waals surface area contributed by atoms with Crippen LogP contribution in [-0.4, -0.2) is 20.6 Å². The number of rotatable bonds is 3. The maximum absolute atomic E-state index is 5.43. The van der Waals surface area contributed by atoms with Crippen molar-refractivity contribution in [3.63, 3.8) is 0 Å². The van der Waals surface area contributed by atoms with E-state index in [0.29, 0.717) is 11.9 Å². The Morgan fingerprint density at radius 1 is 0.587 bits per heavy atom. The van der Waals surface area contributed by atoms with Crippen molar-refractivity contribution in [1.82, 2.24) is 14.5 Å². The summed E-state index contributed by atoms with van der Waals surface area (Å²) in [6.45, 7) is 0. The molecule has 4 aromatic carbocycles. The summed E-state index contributed by atoms with van der Waals surface area (Å²) < 4.78 is 2.36. The molecule has 0 bridgehead atoms. The van der Waals surface area contributed by atoms with Crippen molar-refractivity contribution in [3.05, 3.63) is 169 Å². The van der Waals surface area contributed by atoms with E-state index in [2.05, 4.69) is 167 Å². The topological polar surface area (TPSA) is 34.0 Å². The van der Waals surface area contributed by atoms with Crippen molar-refractivity contribution in [3.8, 4) is 17.2 Å². The average Bonchev–Trinajstić information content (AvgIpc) is 3.65. The van der Waals surface area contributed by atoms with Crippen LogP contribution in [0.1, 0.15) is 28.7 Å². The third-order valence-corrected chi connectivity index (χ3v) is 10.1. The summed E-state index contributed by atoms with van der Waals surface area (Å²) in [4.78, 5) is 13.3. The fourth-order valence-electron chi connectivity index (χ4n) is 8.11. The van der Waals surface area contributed by atoms with E-state index in [1.807, 2.05) is 0 Å². The van der Waals surface area contributed by atoms with Crippen LogP contribution < -0.4 is 4.90 Å². The molecule has 0 spiro atoms. The number of hydrogen-bond acceptors (Lipinski definition) is 3. The maximum Gasteiger partial charge on any atom is 0.235 e. The van der Waals surface area contributed by atoms with Crippen molar-refractivity contribution in [2.45, 2.75) is 17.9 Å². The summed E-state index contributed by atoms with van der Waals surface area (Å²) >= 11 is 0. The van der Waals surface area contributed by atoms with Gasteiger partial charge in [0.05, 0.1) is 34.2 Å². The van der Waals surface area contributed by atoms with Crippen molar-refractivity contribution in [2.75, 3.05) is 4.90 Å². The lowest BCUT2D eigenvalue weighted by atomic mass is 9.78. The smallest absolute Gasteiger partial charge is 0.235 e. The SMILES string of the molecule is C1=CC2C=Cc3c(c4ccc5c(c4n3-c3nc(-c4ccccc4)c4ccccc4n3)N(c3ccccc3)C3C=CC=CC53)C2C=C1. The summed E-state index contributed by atoms with van der Waals surface area (Å²) in [6, 6.07) is 34.6. The molecular weight excluding hydrogens is 560 g/mol. The maximum atomic E-state index is 5.43. The number of anilines is 2. The zero-order chi connectivity index (χ0) is 30.2. The van der Waals surface area contributed by atoms with Gasteiger partial charge in [0.15, 0.2) is 0 Å². The molecule has 2 aromatic heterocycles. The van der Waals surface area contributed by atoms with Crippen LogP contribution >= 0.6 is 0 Å². The normalized spacial score (nSPS) is 21.9. The summed E-state index contributed by atoms with van der Waals surface area (Å²) in [7, 11) is 0. The van der Waals surface area contributed by atoms with Crippen LogP contribution in [0.5, 0.6) is 0 Å². The highest BCUT2D eigenvalue weighted by atomic mass is 15.2. The van der Waals surface area contributed by atoms with Crippen molar-refractivity contribution < 1.29 is 0 Å². The minimum atomic E-state index is 0.187. The lowest BCUT2D eigenvalue weighted by molar-refractivity contribution is 0.692. The predicted octanol–water partition coefficient (Wildman–Crippen LogP) is 9.82. The average molecular weight is 591 g/mol. The molecule has 0 N–H and O–H groups in total. The molecule has 0 amide bonds. The van der Waals surface area contributed by atoms with Gasteiger partial charge in [0.1, 0.15) is 0 Å². The molecule has 4 nitrogen and oxygen atoms in total. The second kappa shape index (κ2) is 9.88. The minimum absolute atomic E-state index is 0.187. The Labute approximate surface area is 267 Å². The van der Waals surface area contributed by atoms with Gasteiger partial charge in [-0.15, -0.1) is 0 Å². The first-order chi connectivity index (χ1) is 22.8. The van der Waals surface area contributed by atoms with Crippen LogP contribution in [0.15, 0.2) is 152 Å². The van der Waals surface area contributed by atoms with Crippen LogP contribution in [0.4, 0.5) is 11.4 Å². The number of aromatic nitrogens is 3. The quantitative estimate of drug-likeness (QED) is 0.206. The fourth-order valence-corrected chi connectivity index (χ4v) is 8.11. The number of allylic oxidation sites excluding steroid dienone is 7. The van der Waals surface area contributed by atoms with Crippen LogP contribution in [-0.2, 0) is 0 Å². The standard InChI is InChI=1S/C42H30N4/c1-3-14-28(15-4-1)39-33-20-9-11-21-35(33)43-42(44-39)46-37-26-23-27-13-7-8-18-30(27)38(37)34-25-24-32-31-19-10-12-22-36(31)45(40(32)41(34)46)29-16-5-2-6-17-29/h1-27,30-31,36H. The Morgan fingerprint density at radius 3 is 2.20 bits per heavy atom. The highest BCUT2D eigenvalue weighted by Gasteiger charge is 2.41. The molecule has 10 rings (SSSR count). The number of fused-ring (bicyclic) bond motifs is 10. The molecule has 0 fully saturated rings. The number of nitrogens with zero attached hydrogens (tertiary/aromatic N) is 4. The van der Waals surface area contributed by atoms with Gasteiger partial charge in [0.25, 0.3) is 0 Å². The molecule has 6 aromatic rings. The number of para-hydroxylation sites is 2. The molecule has 46 heavy (non-hydrogen) atoms. The van der Waals surface area contributed by atoms with Gasteiger partial charge in [-0.3, -0.25) is 4.57 Å². The molecule has 4 heteroatoms. The van der Waals surface area contributed by atoms with E-state index in [-0.39, 0.29) is 17.9 Å². The molecule has 4 aliphatic rings. The zero-order valence-corrected chi connectivity index (χ0v) is 25.1. The first kappa shape index (κ1) is 25.6. The van der Waals surface area contributed by atoms with Crippen molar-refractivity contribution in [1.29, 1.82) is 0 Å². The van der Waals surface area contributed by atoms with E-state index in [4.69, 9.17) is 9.97 Å². The molecule has 4 atom stereocenters. The first-order valence-corrected chi connectivity index (χ1v) is 16.1. The van der Waals surface area contributed by atoms with E-state index < -0.39 is 0 Å². The first-order valence-electron chi connectivity index (χ1n) is 16.1. The highest BCUT2D eigenvalue weighted by molar-refractivity contribution is 6.04. The largest absolute Gasteiger partial charge is 0.332 e. The molecule has 3 heterocycles. The second-order valence-corrected chi connectivity index (χ2v) is 12.5. The third-order valence-electron chi connectivity index (χ3n) is 10.1. The van der Waals surface area contributed by atoms with E-state index >= 15 is 0 Å². The molecule has 3 aliphatic carbocycles. The van der Waals surface area contributed by atoms with Gasteiger partial charge < -0.3 is 4.90 Å². The third kappa shape index (κ3) is 3.61. The van der Waals surface area contributed by atoms with Gasteiger partial charge in [0.2, 0.25) is 5.95 Å². The fraction of sp³-hybridized carbons (Fsp3) is 0.0952. The van der Waals surface area contributed by atoms with Crippen molar-refractivity contribution >= 4 is 39.3 Å². The van der Waals surface area contributed by atoms with Crippen LogP contribution in [0.25, 0.3) is 45.1 Å². The predicted molar refractivity (Wildman–Crippen MR) is 189 cm³/mol. The number of hydrogen-bond donors (Lipinski definition) is 0. The van der Waals surface area contributed by atoms with E-state index in [1.165, 1.54) is 33.4 Å². The van der Waals surface area contributed by atoms with E-state index in [0.717, 1.165) is 27.9 Å². The summed E-state index contributed by atoms with van der Waals surface area (Å²) in [5, 5.41) is 2.31. The minimum Gasteiger partial charge on any atom is -0.332 e. The summed E-state index contributed by atoms with van der Waals surface area (Å²) in [6.07, 6.45) is 22.8. The molecular formula is C42H30N4. The Bertz CT molecular complexity index is 2340. The Morgan fingerprint density at radius 2 is 1.33 bits per heavy atom. The summed E-state index contributed by atoms with van der Waals surface area (Å²) in [5.41, 5.74) is 10.4. The van der Waals surface area contributed by atoms with Gasteiger partial charge in [-0.25, -0.2) is 9.97 Å². The lowest BCUT2D eigenvalue weighted by Crippen LogP contribution is -2.28. The van der Waals surface area contributed by atoms with Crippen LogP contribution in [0, 0.1) is 5.92 Å². The zero-order valence-electron chi connectivity index (χ0n) is 25.1.